The number of carbonyl (C=O) groups is 2. The Morgan fingerprint density at radius 2 is 1.75 bits per heavy atom. The molecule has 0 heterocycles. The average molecular weight is 327 g/mol. The minimum Gasteiger partial charge on any atom is -0.497 e. The lowest BCUT2D eigenvalue weighted by Crippen LogP contribution is -2.28. The third kappa shape index (κ3) is 4.59. The van der Waals surface area contributed by atoms with Crippen LogP contribution in [0.15, 0.2) is 36.4 Å². The van der Waals surface area contributed by atoms with E-state index in [0.29, 0.717) is 17.9 Å². The lowest BCUT2D eigenvalue weighted by atomic mass is 10.1. The van der Waals surface area contributed by atoms with Crippen molar-refractivity contribution in [2.24, 2.45) is 0 Å². The van der Waals surface area contributed by atoms with Crippen molar-refractivity contribution >= 4 is 12.2 Å². The molecule has 2 aromatic carbocycles. The minimum absolute atomic E-state index is 0.0712. The molecule has 126 valence electrons. The lowest BCUT2D eigenvalue weighted by Gasteiger charge is -2.13. The van der Waals surface area contributed by atoms with Gasteiger partial charge < -0.3 is 14.8 Å². The first kappa shape index (κ1) is 17.5. The number of aldehydes is 1. The minimum atomic E-state index is -0.205. The van der Waals surface area contributed by atoms with Gasteiger partial charge in [-0.05, 0) is 54.8 Å². The molecular formula is C19H21NO4. The van der Waals surface area contributed by atoms with Gasteiger partial charge in [-0.2, -0.15) is 0 Å². The van der Waals surface area contributed by atoms with Gasteiger partial charge >= 0.3 is 0 Å². The van der Waals surface area contributed by atoms with Gasteiger partial charge in [-0.25, -0.2) is 0 Å². The van der Waals surface area contributed by atoms with E-state index in [1.165, 1.54) is 0 Å². The molecule has 0 aliphatic carbocycles. The van der Waals surface area contributed by atoms with E-state index in [1.807, 2.05) is 38.1 Å². The van der Waals surface area contributed by atoms with Crippen LogP contribution in [-0.2, 0) is 11.3 Å². The third-order valence-electron chi connectivity index (χ3n) is 3.62. The standard InChI is InChI=1S/C19H21NO4/c1-13-8-16(11-21)9-14(2)19(13)24-12-18(22)20-10-15-4-6-17(23-3)7-5-15/h4-9,11H,10,12H2,1-3H3,(H,20,22). The molecule has 0 aromatic heterocycles. The number of hydrogen-bond acceptors (Lipinski definition) is 4. The fourth-order valence-corrected chi connectivity index (χ4v) is 2.41. The average Bonchev–Trinajstić information content (AvgIpc) is 2.59. The van der Waals surface area contributed by atoms with Gasteiger partial charge in [-0.15, -0.1) is 0 Å². The Morgan fingerprint density at radius 3 is 2.29 bits per heavy atom. The van der Waals surface area contributed by atoms with E-state index in [0.717, 1.165) is 28.7 Å². The van der Waals surface area contributed by atoms with Crippen LogP contribution in [0.5, 0.6) is 11.5 Å². The monoisotopic (exact) mass is 327 g/mol. The number of methoxy groups -OCH3 is 1. The zero-order valence-corrected chi connectivity index (χ0v) is 14.1. The Bertz CT molecular complexity index is 700. The Morgan fingerprint density at radius 1 is 1.12 bits per heavy atom. The van der Waals surface area contributed by atoms with Gasteiger partial charge in [0, 0.05) is 12.1 Å². The maximum Gasteiger partial charge on any atom is 0.258 e. The van der Waals surface area contributed by atoms with Crippen LogP contribution in [0.25, 0.3) is 0 Å². The van der Waals surface area contributed by atoms with E-state index >= 15 is 0 Å². The highest BCUT2D eigenvalue weighted by atomic mass is 16.5. The quantitative estimate of drug-likeness (QED) is 0.794. The van der Waals surface area contributed by atoms with Crippen molar-refractivity contribution in [3.8, 4) is 11.5 Å². The van der Waals surface area contributed by atoms with Gasteiger partial charge in [0.2, 0.25) is 0 Å². The zero-order valence-electron chi connectivity index (χ0n) is 14.1. The molecule has 1 N–H and O–H groups in total. The van der Waals surface area contributed by atoms with Crippen molar-refractivity contribution in [3.05, 3.63) is 58.7 Å². The first-order chi connectivity index (χ1) is 11.5. The number of rotatable bonds is 7. The summed E-state index contributed by atoms with van der Waals surface area (Å²) in [5.74, 6) is 1.21. The van der Waals surface area contributed by atoms with Crippen molar-refractivity contribution < 1.29 is 19.1 Å². The summed E-state index contributed by atoms with van der Waals surface area (Å²) in [5, 5.41) is 2.81. The predicted molar refractivity (Wildman–Crippen MR) is 91.6 cm³/mol. The molecule has 0 aliphatic rings. The molecule has 2 rings (SSSR count). The second-order valence-electron chi connectivity index (χ2n) is 5.52. The van der Waals surface area contributed by atoms with Crippen LogP contribution in [0.2, 0.25) is 0 Å². The Hall–Kier alpha value is -2.82. The maximum atomic E-state index is 11.9. The van der Waals surface area contributed by atoms with Gasteiger partial charge in [-0.3, -0.25) is 9.59 Å². The summed E-state index contributed by atoms with van der Waals surface area (Å²) in [6, 6.07) is 11.0. The van der Waals surface area contributed by atoms with Gasteiger partial charge in [-0.1, -0.05) is 12.1 Å². The summed E-state index contributed by atoms with van der Waals surface area (Å²) in [6.07, 6.45) is 0.797. The fraction of sp³-hybridized carbons (Fsp3) is 0.263. The van der Waals surface area contributed by atoms with Gasteiger partial charge in [0.25, 0.3) is 5.91 Å². The molecule has 2 aromatic rings. The second kappa shape index (κ2) is 8.15. The number of benzene rings is 2. The Kier molecular flexibility index (Phi) is 5.95. The molecule has 0 spiro atoms. The van der Waals surface area contributed by atoms with E-state index in [2.05, 4.69) is 5.32 Å². The first-order valence-corrected chi connectivity index (χ1v) is 7.62. The van der Waals surface area contributed by atoms with Crippen molar-refractivity contribution in [1.82, 2.24) is 5.32 Å². The number of carbonyl (C=O) groups excluding carboxylic acids is 2. The summed E-state index contributed by atoms with van der Waals surface area (Å²) < 4.78 is 10.7. The molecule has 0 unspecified atom stereocenters. The van der Waals surface area contributed by atoms with Crippen LogP contribution in [0.1, 0.15) is 27.0 Å². The highest BCUT2D eigenvalue weighted by Crippen LogP contribution is 2.24. The van der Waals surface area contributed by atoms with E-state index < -0.39 is 0 Å². The van der Waals surface area contributed by atoms with Crippen LogP contribution >= 0.6 is 0 Å². The highest BCUT2D eigenvalue weighted by Gasteiger charge is 2.09. The molecule has 0 atom stereocenters. The summed E-state index contributed by atoms with van der Waals surface area (Å²) in [5.41, 5.74) is 3.24. The summed E-state index contributed by atoms with van der Waals surface area (Å²) in [4.78, 5) is 22.8. The second-order valence-corrected chi connectivity index (χ2v) is 5.52. The Labute approximate surface area is 141 Å². The molecule has 5 nitrogen and oxygen atoms in total. The predicted octanol–water partition coefficient (Wildman–Crippen LogP) is 2.82. The molecule has 24 heavy (non-hydrogen) atoms. The molecule has 5 heteroatoms. The van der Waals surface area contributed by atoms with Crippen molar-refractivity contribution in [2.75, 3.05) is 13.7 Å². The lowest BCUT2D eigenvalue weighted by molar-refractivity contribution is -0.123. The normalized spacial score (nSPS) is 10.1. The van der Waals surface area contributed by atoms with Crippen LogP contribution < -0.4 is 14.8 Å². The van der Waals surface area contributed by atoms with E-state index in [9.17, 15) is 9.59 Å². The fourth-order valence-electron chi connectivity index (χ4n) is 2.41. The Balaban J connectivity index is 1.88. The largest absolute Gasteiger partial charge is 0.497 e. The topological polar surface area (TPSA) is 64.6 Å². The number of nitrogens with one attached hydrogen (secondary N) is 1. The van der Waals surface area contributed by atoms with Crippen molar-refractivity contribution in [1.29, 1.82) is 0 Å². The van der Waals surface area contributed by atoms with Crippen LogP contribution in [0, 0.1) is 13.8 Å². The van der Waals surface area contributed by atoms with E-state index in [-0.39, 0.29) is 12.5 Å². The highest BCUT2D eigenvalue weighted by molar-refractivity contribution is 5.78. The van der Waals surface area contributed by atoms with Crippen LogP contribution in [-0.4, -0.2) is 25.9 Å². The number of hydrogen-bond donors (Lipinski definition) is 1. The van der Waals surface area contributed by atoms with Gasteiger partial charge in [0.05, 0.1) is 7.11 Å². The molecule has 1 amide bonds. The van der Waals surface area contributed by atoms with Crippen molar-refractivity contribution in [2.45, 2.75) is 20.4 Å². The van der Waals surface area contributed by atoms with Crippen LogP contribution in [0.3, 0.4) is 0 Å². The van der Waals surface area contributed by atoms with Crippen LogP contribution in [0.4, 0.5) is 0 Å². The molecular weight excluding hydrogens is 306 g/mol. The van der Waals surface area contributed by atoms with Gasteiger partial charge in [0.15, 0.2) is 6.61 Å². The molecule has 0 bridgehead atoms. The molecule has 0 fully saturated rings. The molecule has 0 radical (unpaired) electrons. The van der Waals surface area contributed by atoms with E-state index in [1.54, 1.807) is 19.2 Å². The number of ether oxygens (including phenoxy) is 2. The third-order valence-corrected chi connectivity index (χ3v) is 3.62. The number of aryl methyl sites for hydroxylation is 2. The molecule has 0 saturated heterocycles. The van der Waals surface area contributed by atoms with Crippen molar-refractivity contribution in [3.63, 3.8) is 0 Å². The zero-order chi connectivity index (χ0) is 17.5. The smallest absolute Gasteiger partial charge is 0.258 e. The molecule has 0 saturated carbocycles. The SMILES string of the molecule is COc1ccc(CNC(=O)COc2c(C)cc(C=O)cc2C)cc1. The summed E-state index contributed by atoms with van der Waals surface area (Å²) in [6.45, 7) is 4.06. The van der Waals surface area contributed by atoms with Gasteiger partial charge in [0.1, 0.15) is 17.8 Å². The summed E-state index contributed by atoms with van der Waals surface area (Å²) in [7, 11) is 1.61. The summed E-state index contributed by atoms with van der Waals surface area (Å²) >= 11 is 0. The first-order valence-electron chi connectivity index (χ1n) is 7.62. The van der Waals surface area contributed by atoms with E-state index in [4.69, 9.17) is 9.47 Å². The maximum absolute atomic E-state index is 11.9. The molecule has 0 aliphatic heterocycles. The number of amides is 1.